The Kier molecular flexibility index (Phi) is 7.32. The first-order valence-corrected chi connectivity index (χ1v) is 16.0. The first kappa shape index (κ1) is 28.7. The maximum Gasteiger partial charge on any atom is 0.264 e. The molecule has 7 nitrogen and oxygen atoms in total. The lowest BCUT2D eigenvalue weighted by Gasteiger charge is -2.55. The number of nitrogens with zero attached hydrogens (tertiary/aromatic N) is 3. The minimum atomic E-state index is -3.93. The molecule has 1 aliphatic carbocycles. The number of nitrogens with two attached hydrogens (primary N) is 1. The number of amides is 1. The second kappa shape index (κ2) is 10.7. The number of aryl methyl sites for hydroxylation is 1. The molecule has 2 N–H and O–H groups in total. The van der Waals surface area contributed by atoms with E-state index in [0.717, 1.165) is 36.1 Å². The summed E-state index contributed by atoms with van der Waals surface area (Å²) >= 11 is 6.32. The van der Waals surface area contributed by atoms with Crippen molar-refractivity contribution >= 4 is 50.6 Å². The van der Waals surface area contributed by atoms with E-state index in [4.69, 9.17) is 17.3 Å². The number of halogens is 2. The van der Waals surface area contributed by atoms with E-state index in [2.05, 4.69) is 9.80 Å². The third-order valence-electron chi connectivity index (χ3n) is 9.00. The lowest BCUT2D eigenvalue weighted by molar-refractivity contribution is -0.137. The number of carbonyl (C=O) groups is 1. The van der Waals surface area contributed by atoms with E-state index in [1.54, 1.807) is 37.3 Å². The van der Waals surface area contributed by atoms with Gasteiger partial charge in [-0.25, -0.2) is 12.8 Å². The Morgan fingerprint density at radius 1 is 1.05 bits per heavy atom. The summed E-state index contributed by atoms with van der Waals surface area (Å²) in [5.41, 5.74) is 9.13. The molecule has 0 unspecified atom stereocenters. The van der Waals surface area contributed by atoms with Gasteiger partial charge in [0, 0.05) is 25.2 Å². The van der Waals surface area contributed by atoms with Gasteiger partial charge in [-0.3, -0.25) is 14.0 Å². The zero-order valence-corrected chi connectivity index (χ0v) is 25.3. The van der Waals surface area contributed by atoms with Crippen LogP contribution in [0.4, 0.5) is 15.8 Å². The van der Waals surface area contributed by atoms with Crippen LogP contribution in [0.5, 0.6) is 0 Å². The van der Waals surface area contributed by atoms with Gasteiger partial charge in [-0.05, 0) is 86.2 Å². The highest BCUT2D eigenvalue weighted by Gasteiger charge is 2.51. The average Bonchev–Trinajstić information content (AvgIpc) is 2.91. The van der Waals surface area contributed by atoms with Crippen molar-refractivity contribution in [2.45, 2.75) is 49.6 Å². The molecule has 1 amide bonds. The molecule has 1 saturated carbocycles. The van der Waals surface area contributed by atoms with Gasteiger partial charge in [0.2, 0.25) is 5.91 Å². The van der Waals surface area contributed by atoms with Gasteiger partial charge in [-0.15, -0.1) is 0 Å². The first-order chi connectivity index (χ1) is 20.0. The van der Waals surface area contributed by atoms with E-state index in [-0.39, 0.29) is 23.4 Å². The maximum atomic E-state index is 14.6. The molecular weight excluding hydrogens is 575 g/mol. The Morgan fingerprint density at radius 2 is 1.81 bits per heavy atom. The lowest BCUT2D eigenvalue weighted by atomic mass is 9.74. The van der Waals surface area contributed by atoms with Crippen LogP contribution < -0.4 is 14.9 Å². The second-order valence-electron chi connectivity index (χ2n) is 11.6. The van der Waals surface area contributed by atoms with Gasteiger partial charge >= 0.3 is 0 Å². The number of benzene rings is 3. The van der Waals surface area contributed by atoms with Crippen LogP contribution in [0.25, 0.3) is 11.6 Å². The van der Waals surface area contributed by atoms with E-state index in [0.29, 0.717) is 41.5 Å². The summed E-state index contributed by atoms with van der Waals surface area (Å²) in [5, 5.41) is 0.311. The summed E-state index contributed by atoms with van der Waals surface area (Å²) in [7, 11) is -3.93. The van der Waals surface area contributed by atoms with E-state index in [1.807, 2.05) is 37.3 Å². The van der Waals surface area contributed by atoms with Crippen molar-refractivity contribution in [1.82, 2.24) is 4.90 Å². The Bertz CT molecular complexity index is 1690. The molecule has 0 spiro atoms. The number of carbonyl (C=O) groups excluding carboxylic acids is 1. The Morgan fingerprint density at radius 3 is 2.48 bits per heavy atom. The van der Waals surface area contributed by atoms with Gasteiger partial charge in [0.15, 0.2) is 0 Å². The second-order valence-corrected chi connectivity index (χ2v) is 13.8. The van der Waals surface area contributed by atoms with Crippen molar-refractivity contribution < 1.29 is 17.6 Å². The number of primary amides is 1. The third kappa shape index (κ3) is 4.77. The fourth-order valence-corrected chi connectivity index (χ4v) is 8.56. The number of piperazine rings is 1. The van der Waals surface area contributed by atoms with Crippen LogP contribution in [-0.4, -0.2) is 57.0 Å². The predicted octanol–water partition coefficient (Wildman–Crippen LogP) is 5.46. The normalized spacial score (nSPS) is 20.5. The highest BCUT2D eigenvalue weighted by molar-refractivity contribution is 7.92. The van der Waals surface area contributed by atoms with E-state index < -0.39 is 21.4 Å². The molecule has 1 atom stereocenters. The van der Waals surface area contributed by atoms with Crippen LogP contribution in [0, 0.1) is 12.7 Å². The molecular formula is C32H34ClFN4O3S. The zero-order chi connectivity index (χ0) is 29.8. The van der Waals surface area contributed by atoms with Crippen LogP contribution in [-0.2, 0) is 14.8 Å². The molecule has 10 heteroatoms. The van der Waals surface area contributed by atoms with Crippen LogP contribution >= 0.6 is 11.6 Å². The van der Waals surface area contributed by atoms with Crippen molar-refractivity contribution in [2.24, 2.45) is 5.73 Å². The molecule has 42 heavy (non-hydrogen) atoms. The number of hydrogen-bond donors (Lipinski definition) is 1. The molecule has 0 aromatic heterocycles. The van der Waals surface area contributed by atoms with Gasteiger partial charge < -0.3 is 10.6 Å². The van der Waals surface area contributed by atoms with Crippen molar-refractivity contribution in [3.05, 3.63) is 88.2 Å². The summed E-state index contributed by atoms with van der Waals surface area (Å²) in [5.74, 6) is -0.719. The van der Waals surface area contributed by atoms with Crippen molar-refractivity contribution in [2.75, 3.05) is 35.4 Å². The number of fused-ring (bicyclic) bond motifs is 3. The van der Waals surface area contributed by atoms with Crippen molar-refractivity contribution in [3.63, 3.8) is 0 Å². The fraction of sp³-hybridized carbons (Fsp3) is 0.344. The zero-order valence-electron chi connectivity index (χ0n) is 23.7. The molecule has 3 aromatic rings. The predicted molar refractivity (Wildman–Crippen MR) is 166 cm³/mol. The molecule has 2 fully saturated rings. The lowest BCUT2D eigenvalue weighted by Crippen LogP contribution is -2.70. The van der Waals surface area contributed by atoms with E-state index in [1.165, 1.54) is 10.4 Å². The van der Waals surface area contributed by atoms with Crippen LogP contribution in [0.15, 0.2) is 65.6 Å². The molecule has 2 aliphatic heterocycles. The fourth-order valence-electron chi connectivity index (χ4n) is 6.64. The minimum absolute atomic E-state index is 0.164. The summed E-state index contributed by atoms with van der Waals surface area (Å²) in [6.07, 6.45) is 4.24. The van der Waals surface area contributed by atoms with Gasteiger partial charge in [0.25, 0.3) is 10.0 Å². The number of rotatable bonds is 6. The molecule has 220 valence electrons. The van der Waals surface area contributed by atoms with Gasteiger partial charge in [-0.1, -0.05) is 41.9 Å². The SMILES string of the molecule is C/C(=C\c1ccc2c(c1)N(S(=O)(=O)c1cccc(C)c1)C[C@@H]1CN(C3(C(N)=O)CCC3)CCN21)c1c(F)cccc1Cl. The molecule has 0 bridgehead atoms. The number of anilines is 2. The molecule has 2 heterocycles. The quantitative estimate of drug-likeness (QED) is 0.376. The Balaban J connectivity index is 1.43. The number of hydrogen-bond acceptors (Lipinski definition) is 5. The molecule has 3 aliphatic rings. The third-order valence-corrected chi connectivity index (χ3v) is 11.1. The summed E-state index contributed by atoms with van der Waals surface area (Å²) in [6, 6.07) is 17.0. The number of allylic oxidation sites excluding steroid dienone is 1. The van der Waals surface area contributed by atoms with Gasteiger partial charge in [-0.2, -0.15) is 0 Å². The average molecular weight is 609 g/mol. The number of sulfonamides is 1. The topological polar surface area (TPSA) is 87.0 Å². The van der Waals surface area contributed by atoms with E-state index >= 15 is 0 Å². The van der Waals surface area contributed by atoms with Crippen LogP contribution in [0.2, 0.25) is 5.02 Å². The van der Waals surface area contributed by atoms with Crippen molar-refractivity contribution in [1.29, 1.82) is 0 Å². The van der Waals surface area contributed by atoms with Gasteiger partial charge in [0.1, 0.15) is 11.4 Å². The van der Waals surface area contributed by atoms with Crippen molar-refractivity contribution in [3.8, 4) is 0 Å². The van der Waals surface area contributed by atoms with Crippen LogP contribution in [0.3, 0.4) is 0 Å². The highest BCUT2D eigenvalue weighted by Crippen LogP contribution is 2.44. The highest BCUT2D eigenvalue weighted by atomic mass is 35.5. The maximum absolute atomic E-state index is 14.6. The standard InChI is InChI=1S/C32H34ClFN4O3S/c1-21-6-3-7-25(16-21)42(40,41)38-20-24-19-36(32(31(35)39)12-5-13-32)14-15-37(24)28-11-10-23(18-29(28)38)17-22(2)30-26(33)8-4-9-27(30)34/h3-4,6-11,16-18,24H,5,12-15,19-20H2,1-2H3,(H2,35,39)/b22-17+/t24-/m0/s1. The molecule has 0 radical (unpaired) electrons. The van der Waals surface area contributed by atoms with Gasteiger partial charge in [0.05, 0.1) is 33.9 Å². The summed E-state index contributed by atoms with van der Waals surface area (Å²) in [4.78, 5) is 17.1. The molecule has 1 saturated heterocycles. The first-order valence-electron chi connectivity index (χ1n) is 14.2. The Labute approximate surface area is 251 Å². The monoisotopic (exact) mass is 608 g/mol. The molecule has 6 rings (SSSR count). The van der Waals surface area contributed by atoms with Crippen LogP contribution in [0.1, 0.15) is 42.9 Å². The Hall–Kier alpha value is -3.40. The smallest absolute Gasteiger partial charge is 0.264 e. The largest absolute Gasteiger partial charge is 0.368 e. The van der Waals surface area contributed by atoms with E-state index in [9.17, 15) is 17.6 Å². The molecule has 3 aromatic carbocycles. The summed E-state index contributed by atoms with van der Waals surface area (Å²) in [6.45, 7) is 5.72. The minimum Gasteiger partial charge on any atom is -0.368 e. The summed E-state index contributed by atoms with van der Waals surface area (Å²) < 4.78 is 44.6.